The summed E-state index contributed by atoms with van der Waals surface area (Å²) in [6.45, 7) is 1.13. The number of rotatable bonds is 3. The number of aromatic nitrogens is 3. The molecule has 0 aliphatic heterocycles. The van der Waals surface area contributed by atoms with E-state index in [4.69, 9.17) is 0 Å². The van der Waals surface area contributed by atoms with Gasteiger partial charge in [-0.25, -0.2) is 4.52 Å². The van der Waals surface area contributed by atoms with Crippen molar-refractivity contribution in [2.24, 2.45) is 5.92 Å². The second-order valence-corrected chi connectivity index (χ2v) is 4.34. The van der Waals surface area contributed by atoms with Gasteiger partial charge in [0.05, 0.1) is 12.8 Å². The molecular weight excluding hydrogens is 190 g/mol. The molecule has 2 aromatic rings. The first-order valence-corrected chi connectivity index (χ1v) is 5.50. The number of hydrogen-bond donors (Lipinski definition) is 1. The Balaban J connectivity index is 1.97. The van der Waals surface area contributed by atoms with Crippen molar-refractivity contribution in [1.82, 2.24) is 14.2 Å². The third-order valence-corrected chi connectivity index (χ3v) is 3.35. The van der Waals surface area contributed by atoms with Crippen LogP contribution < -0.4 is 0 Å². The highest BCUT2D eigenvalue weighted by atomic mass is 16.3. The summed E-state index contributed by atoms with van der Waals surface area (Å²) in [4.78, 5) is 0. The number of aliphatic hydroxyl groups is 1. The highest BCUT2D eigenvalue weighted by Crippen LogP contribution is 2.28. The van der Waals surface area contributed by atoms with E-state index in [0.29, 0.717) is 0 Å². The molecule has 2 aromatic heterocycles. The van der Waals surface area contributed by atoms with Gasteiger partial charge in [-0.05, 0) is 18.8 Å². The Kier molecular flexibility index (Phi) is 2.02. The fourth-order valence-corrected chi connectivity index (χ4v) is 2.24. The predicted molar refractivity (Wildman–Crippen MR) is 56.4 cm³/mol. The van der Waals surface area contributed by atoms with E-state index in [1.165, 1.54) is 19.3 Å². The molecule has 0 atom stereocenters. The summed E-state index contributed by atoms with van der Waals surface area (Å²) in [5.41, 5.74) is 1.96. The predicted octanol–water partition coefficient (Wildman–Crippen LogP) is 1.43. The van der Waals surface area contributed by atoms with E-state index in [2.05, 4.69) is 15.9 Å². The van der Waals surface area contributed by atoms with Crippen molar-refractivity contribution in [1.29, 1.82) is 0 Å². The molecule has 0 bridgehead atoms. The molecule has 1 aliphatic carbocycles. The van der Waals surface area contributed by atoms with Gasteiger partial charge in [0.25, 0.3) is 0 Å². The zero-order valence-electron chi connectivity index (χ0n) is 8.63. The first-order chi connectivity index (χ1) is 7.38. The zero-order chi connectivity index (χ0) is 10.3. The minimum Gasteiger partial charge on any atom is -0.391 e. The Hall–Kier alpha value is -1.29. The molecule has 1 N–H and O–H groups in total. The van der Waals surface area contributed by atoms with Crippen LogP contribution in [0.1, 0.15) is 24.8 Å². The number of hydrogen-bond acceptors (Lipinski definition) is 2. The van der Waals surface area contributed by atoms with Crippen LogP contribution >= 0.6 is 0 Å². The lowest BCUT2D eigenvalue weighted by molar-refractivity contribution is 0.274. The first-order valence-electron chi connectivity index (χ1n) is 5.50. The minimum absolute atomic E-state index is 0.0676. The lowest BCUT2D eigenvalue weighted by Crippen LogP contribution is -2.17. The Labute approximate surface area is 88.1 Å². The van der Waals surface area contributed by atoms with E-state index in [9.17, 15) is 5.11 Å². The van der Waals surface area contributed by atoms with Gasteiger partial charge in [-0.1, -0.05) is 6.42 Å². The average Bonchev–Trinajstić information content (AvgIpc) is 2.72. The van der Waals surface area contributed by atoms with Crippen LogP contribution in [0.5, 0.6) is 0 Å². The maximum Gasteiger partial charge on any atom is 0.141 e. The van der Waals surface area contributed by atoms with Crippen molar-refractivity contribution >= 4 is 5.65 Å². The van der Waals surface area contributed by atoms with Gasteiger partial charge in [-0.2, -0.15) is 5.10 Å². The summed E-state index contributed by atoms with van der Waals surface area (Å²) in [6.07, 6.45) is 9.80. The molecule has 0 unspecified atom stereocenters. The van der Waals surface area contributed by atoms with Gasteiger partial charge in [-0.3, -0.25) is 0 Å². The van der Waals surface area contributed by atoms with E-state index in [-0.39, 0.29) is 6.61 Å². The molecule has 0 saturated heterocycles. The number of nitrogens with zero attached hydrogens (tertiary/aromatic N) is 3. The van der Waals surface area contributed by atoms with Crippen LogP contribution in [0.25, 0.3) is 5.65 Å². The van der Waals surface area contributed by atoms with Gasteiger partial charge in [0, 0.05) is 24.5 Å². The molecule has 0 radical (unpaired) electrons. The van der Waals surface area contributed by atoms with Gasteiger partial charge in [0.15, 0.2) is 0 Å². The van der Waals surface area contributed by atoms with Crippen molar-refractivity contribution in [3.63, 3.8) is 0 Å². The summed E-state index contributed by atoms with van der Waals surface area (Å²) < 4.78 is 4.05. The highest BCUT2D eigenvalue weighted by Gasteiger charge is 2.19. The SMILES string of the molecule is OCc1cnn2ccn(CC3CCC3)c12. The van der Waals surface area contributed by atoms with Crippen molar-refractivity contribution in [2.75, 3.05) is 0 Å². The van der Waals surface area contributed by atoms with Crippen LogP contribution in [-0.4, -0.2) is 19.3 Å². The quantitative estimate of drug-likeness (QED) is 0.823. The van der Waals surface area contributed by atoms with Crippen molar-refractivity contribution in [3.8, 4) is 0 Å². The Morgan fingerprint density at radius 3 is 2.93 bits per heavy atom. The number of imidazole rings is 1. The monoisotopic (exact) mass is 205 g/mol. The maximum atomic E-state index is 9.21. The highest BCUT2D eigenvalue weighted by molar-refractivity contribution is 5.47. The molecule has 3 rings (SSSR count). The van der Waals surface area contributed by atoms with Gasteiger partial charge in [0.1, 0.15) is 5.65 Å². The standard InChI is InChI=1S/C11H15N3O/c15-8-10-6-12-14-5-4-13(11(10)14)7-9-2-1-3-9/h4-6,9,15H,1-3,7-8H2. The van der Waals surface area contributed by atoms with Gasteiger partial charge >= 0.3 is 0 Å². The smallest absolute Gasteiger partial charge is 0.141 e. The van der Waals surface area contributed by atoms with Crippen molar-refractivity contribution in [3.05, 3.63) is 24.2 Å². The second-order valence-electron chi connectivity index (χ2n) is 4.34. The van der Waals surface area contributed by atoms with Crippen LogP contribution in [0.2, 0.25) is 0 Å². The van der Waals surface area contributed by atoms with E-state index in [0.717, 1.165) is 23.7 Å². The first kappa shape index (κ1) is 8.97. The molecule has 0 aromatic carbocycles. The molecule has 4 nitrogen and oxygen atoms in total. The molecular formula is C11H15N3O. The van der Waals surface area contributed by atoms with E-state index >= 15 is 0 Å². The number of fused-ring (bicyclic) bond motifs is 1. The summed E-state index contributed by atoms with van der Waals surface area (Å²) >= 11 is 0. The molecule has 1 saturated carbocycles. The molecule has 0 spiro atoms. The summed E-state index contributed by atoms with van der Waals surface area (Å²) in [6, 6.07) is 0. The average molecular weight is 205 g/mol. The Morgan fingerprint density at radius 1 is 1.40 bits per heavy atom. The topological polar surface area (TPSA) is 42.5 Å². The Bertz CT molecular complexity index is 467. The van der Waals surface area contributed by atoms with Crippen LogP contribution in [-0.2, 0) is 13.2 Å². The lowest BCUT2D eigenvalue weighted by Gasteiger charge is -2.25. The van der Waals surface area contributed by atoms with E-state index in [1.54, 1.807) is 6.20 Å². The van der Waals surface area contributed by atoms with Crippen LogP contribution in [0.3, 0.4) is 0 Å². The fourth-order valence-electron chi connectivity index (χ4n) is 2.24. The van der Waals surface area contributed by atoms with Crippen LogP contribution in [0, 0.1) is 5.92 Å². The summed E-state index contributed by atoms with van der Waals surface area (Å²) in [7, 11) is 0. The normalized spacial score (nSPS) is 17.1. The van der Waals surface area contributed by atoms with Gasteiger partial charge in [0.2, 0.25) is 0 Å². The van der Waals surface area contributed by atoms with E-state index < -0.39 is 0 Å². The van der Waals surface area contributed by atoms with Gasteiger partial charge in [-0.15, -0.1) is 0 Å². The van der Waals surface area contributed by atoms with E-state index in [1.807, 2.05) is 10.7 Å². The second kappa shape index (κ2) is 3.38. The third kappa shape index (κ3) is 1.36. The molecule has 15 heavy (non-hydrogen) atoms. The largest absolute Gasteiger partial charge is 0.391 e. The third-order valence-electron chi connectivity index (χ3n) is 3.35. The van der Waals surface area contributed by atoms with Crippen LogP contribution in [0.15, 0.2) is 18.6 Å². The Morgan fingerprint density at radius 2 is 2.27 bits per heavy atom. The molecule has 4 heteroatoms. The van der Waals surface area contributed by atoms with Crippen molar-refractivity contribution < 1.29 is 5.11 Å². The molecule has 0 amide bonds. The molecule has 2 heterocycles. The molecule has 1 fully saturated rings. The molecule has 80 valence electrons. The van der Waals surface area contributed by atoms with Gasteiger partial charge < -0.3 is 9.67 Å². The molecule has 1 aliphatic rings. The maximum absolute atomic E-state index is 9.21. The minimum atomic E-state index is 0.0676. The van der Waals surface area contributed by atoms with Crippen molar-refractivity contribution in [2.45, 2.75) is 32.4 Å². The van der Waals surface area contributed by atoms with Crippen LogP contribution in [0.4, 0.5) is 0 Å². The number of aliphatic hydroxyl groups excluding tert-OH is 1. The lowest BCUT2D eigenvalue weighted by atomic mass is 9.85. The fraction of sp³-hybridized carbons (Fsp3) is 0.545. The summed E-state index contributed by atoms with van der Waals surface area (Å²) in [5.74, 6) is 0.822. The zero-order valence-corrected chi connectivity index (χ0v) is 8.63. The summed E-state index contributed by atoms with van der Waals surface area (Å²) in [5, 5.41) is 13.4.